The topological polar surface area (TPSA) is 30.7 Å². The minimum absolute atomic E-state index is 0.00516. The highest BCUT2D eigenvalue weighted by Gasteiger charge is 2.20. The number of ketones is 1. The highest BCUT2D eigenvalue weighted by molar-refractivity contribution is 6.13. The number of benzene rings is 2. The first-order valence-electron chi connectivity index (χ1n) is 8.53. The molecule has 0 aliphatic carbocycles. The van der Waals surface area contributed by atoms with Gasteiger partial charge < -0.3 is 9.14 Å². The van der Waals surface area contributed by atoms with Crippen LogP contribution < -0.4 is 4.74 Å². The second kappa shape index (κ2) is 6.52. The van der Waals surface area contributed by atoms with E-state index in [1.54, 1.807) is 7.11 Å². The fourth-order valence-electron chi connectivity index (χ4n) is 3.19. The van der Waals surface area contributed by atoms with Crippen molar-refractivity contribution >= 4 is 11.3 Å². The van der Waals surface area contributed by atoms with E-state index in [4.69, 9.17) is 4.74 Å². The molecule has 3 heteroatoms. The van der Waals surface area contributed by atoms with Crippen molar-refractivity contribution < 1.29 is 9.53 Å². The van der Waals surface area contributed by atoms with Crippen molar-refractivity contribution in [3.8, 4) is 16.9 Å². The zero-order chi connectivity index (χ0) is 18.1. The molecule has 128 valence electrons. The number of rotatable bonds is 4. The van der Waals surface area contributed by atoms with Crippen LogP contribution in [-0.2, 0) is 0 Å². The van der Waals surface area contributed by atoms with Crippen LogP contribution in [0.1, 0.15) is 21.6 Å². The van der Waals surface area contributed by atoms with Crippen LogP contribution in [0.3, 0.4) is 0 Å². The lowest BCUT2D eigenvalue weighted by Gasteiger charge is -2.08. The fourth-order valence-corrected chi connectivity index (χ4v) is 3.19. The van der Waals surface area contributed by atoms with E-state index < -0.39 is 0 Å². The lowest BCUT2D eigenvalue weighted by atomic mass is 9.99. The quantitative estimate of drug-likeness (QED) is 0.480. The molecule has 0 unspecified atom stereocenters. The smallest absolute Gasteiger partial charge is 0.210 e. The number of aromatic nitrogens is 1. The number of fused-ring (bicyclic) bond motifs is 1. The number of ether oxygens (including phenoxy) is 1. The Balaban J connectivity index is 1.90. The van der Waals surface area contributed by atoms with Crippen LogP contribution in [0.2, 0.25) is 0 Å². The summed E-state index contributed by atoms with van der Waals surface area (Å²) in [6.07, 6.45) is 1.93. The van der Waals surface area contributed by atoms with Gasteiger partial charge in [0, 0.05) is 22.8 Å². The summed E-state index contributed by atoms with van der Waals surface area (Å²) in [6, 6.07) is 23.5. The van der Waals surface area contributed by atoms with E-state index in [9.17, 15) is 4.79 Å². The van der Waals surface area contributed by atoms with Crippen LogP contribution in [0, 0.1) is 6.92 Å². The molecule has 3 nitrogen and oxygen atoms in total. The lowest BCUT2D eigenvalue weighted by Crippen LogP contribution is -2.06. The Bertz CT molecular complexity index is 1070. The molecule has 0 aliphatic rings. The molecule has 0 spiro atoms. The molecule has 2 aromatic carbocycles. The fraction of sp³-hybridized carbons (Fsp3) is 0.0870. The summed E-state index contributed by atoms with van der Waals surface area (Å²) in [6.45, 7) is 2.06. The maximum atomic E-state index is 13.3. The summed E-state index contributed by atoms with van der Waals surface area (Å²) in [4.78, 5) is 13.3. The molecule has 0 N–H and O–H groups in total. The Hall–Kier alpha value is -3.33. The average Bonchev–Trinajstić information content (AvgIpc) is 3.07. The van der Waals surface area contributed by atoms with Gasteiger partial charge in [-0.15, -0.1) is 0 Å². The number of aryl methyl sites for hydroxylation is 1. The number of carbonyl (C=O) groups is 1. The number of hydrogen-bond donors (Lipinski definition) is 0. The second-order valence-corrected chi connectivity index (χ2v) is 6.33. The van der Waals surface area contributed by atoms with Gasteiger partial charge in [-0.3, -0.25) is 4.79 Å². The van der Waals surface area contributed by atoms with Gasteiger partial charge in [-0.05, 0) is 55.0 Å². The summed E-state index contributed by atoms with van der Waals surface area (Å²) in [5.41, 5.74) is 5.49. The second-order valence-electron chi connectivity index (χ2n) is 6.33. The highest BCUT2D eigenvalue weighted by Crippen LogP contribution is 2.30. The van der Waals surface area contributed by atoms with Crippen molar-refractivity contribution in [2.24, 2.45) is 0 Å². The third-order valence-corrected chi connectivity index (χ3v) is 4.61. The van der Waals surface area contributed by atoms with Crippen LogP contribution in [-0.4, -0.2) is 17.3 Å². The number of methoxy groups -OCH3 is 1. The molecule has 0 saturated heterocycles. The summed E-state index contributed by atoms with van der Waals surface area (Å²) in [5, 5.41) is 0. The molecule has 0 bridgehead atoms. The zero-order valence-electron chi connectivity index (χ0n) is 14.8. The molecule has 4 aromatic rings. The molecule has 0 amide bonds. The summed E-state index contributed by atoms with van der Waals surface area (Å²) in [7, 11) is 1.62. The van der Waals surface area contributed by atoms with E-state index in [1.165, 1.54) is 5.56 Å². The first kappa shape index (κ1) is 16.2. The Labute approximate surface area is 152 Å². The van der Waals surface area contributed by atoms with Crippen LogP contribution in [0.15, 0.2) is 79.0 Å². The van der Waals surface area contributed by atoms with Gasteiger partial charge in [0.15, 0.2) is 0 Å². The molecule has 0 radical (unpaired) electrons. The third-order valence-electron chi connectivity index (χ3n) is 4.61. The van der Waals surface area contributed by atoms with Crippen molar-refractivity contribution in [1.29, 1.82) is 0 Å². The van der Waals surface area contributed by atoms with E-state index in [-0.39, 0.29) is 5.78 Å². The molecule has 2 heterocycles. The third kappa shape index (κ3) is 2.78. The average molecular weight is 341 g/mol. The summed E-state index contributed by atoms with van der Waals surface area (Å²) in [5.74, 6) is 0.731. The normalized spacial score (nSPS) is 10.8. The summed E-state index contributed by atoms with van der Waals surface area (Å²) >= 11 is 0. The van der Waals surface area contributed by atoms with Gasteiger partial charge in [0.05, 0.1) is 7.11 Å². The molecule has 0 atom stereocenters. The predicted molar refractivity (Wildman–Crippen MR) is 104 cm³/mol. The highest BCUT2D eigenvalue weighted by atomic mass is 16.5. The van der Waals surface area contributed by atoms with Crippen molar-refractivity contribution in [2.45, 2.75) is 6.92 Å². The Kier molecular flexibility index (Phi) is 4.05. The van der Waals surface area contributed by atoms with Crippen molar-refractivity contribution in [3.05, 3.63) is 95.8 Å². The number of nitrogens with zero attached hydrogens (tertiary/aromatic N) is 1. The van der Waals surface area contributed by atoms with E-state index in [0.717, 1.165) is 22.4 Å². The number of hydrogen-bond acceptors (Lipinski definition) is 2. The van der Waals surface area contributed by atoms with Gasteiger partial charge in [-0.2, -0.15) is 0 Å². The Morgan fingerprint density at radius 3 is 2.35 bits per heavy atom. The Morgan fingerprint density at radius 1 is 0.923 bits per heavy atom. The van der Waals surface area contributed by atoms with Crippen LogP contribution in [0.5, 0.6) is 5.75 Å². The van der Waals surface area contributed by atoms with Crippen LogP contribution >= 0.6 is 0 Å². The number of carbonyl (C=O) groups excluding carboxylic acids is 1. The predicted octanol–water partition coefficient (Wildman–Crippen LogP) is 5.15. The van der Waals surface area contributed by atoms with Gasteiger partial charge >= 0.3 is 0 Å². The molecular weight excluding hydrogens is 322 g/mol. The van der Waals surface area contributed by atoms with Gasteiger partial charge in [-0.1, -0.05) is 35.9 Å². The first-order valence-corrected chi connectivity index (χ1v) is 8.53. The molecule has 26 heavy (non-hydrogen) atoms. The van der Waals surface area contributed by atoms with Crippen molar-refractivity contribution in [3.63, 3.8) is 0 Å². The van der Waals surface area contributed by atoms with Gasteiger partial charge in [0.1, 0.15) is 11.4 Å². The number of pyridine rings is 1. The van der Waals surface area contributed by atoms with Gasteiger partial charge in [0.2, 0.25) is 5.78 Å². The van der Waals surface area contributed by atoms with E-state index in [1.807, 2.05) is 53.1 Å². The van der Waals surface area contributed by atoms with Crippen molar-refractivity contribution in [2.75, 3.05) is 7.11 Å². The van der Waals surface area contributed by atoms with E-state index in [0.29, 0.717) is 11.3 Å². The first-order chi connectivity index (χ1) is 12.7. The molecule has 0 saturated carbocycles. The van der Waals surface area contributed by atoms with Crippen molar-refractivity contribution in [1.82, 2.24) is 4.40 Å². The monoisotopic (exact) mass is 341 g/mol. The Morgan fingerprint density at radius 2 is 1.65 bits per heavy atom. The molecular formula is C23H19NO2. The minimum Gasteiger partial charge on any atom is -0.497 e. The maximum Gasteiger partial charge on any atom is 0.210 e. The molecule has 2 aromatic heterocycles. The minimum atomic E-state index is -0.00516. The van der Waals surface area contributed by atoms with Gasteiger partial charge in [0.25, 0.3) is 0 Å². The van der Waals surface area contributed by atoms with Crippen LogP contribution in [0.25, 0.3) is 16.6 Å². The molecule has 4 rings (SSSR count). The van der Waals surface area contributed by atoms with Gasteiger partial charge in [-0.25, -0.2) is 0 Å². The zero-order valence-corrected chi connectivity index (χ0v) is 14.8. The van der Waals surface area contributed by atoms with E-state index in [2.05, 4.69) is 37.3 Å². The molecule has 0 fully saturated rings. The largest absolute Gasteiger partial charge is 0.497 e. The standard InChI is InChI=1S/C23H19NO2/c1-16-6-8-17(9-7-16)21-15-19-5-3-4-14-24(19)22(21)23(25)18-10-12-20(26-2)13-11-18/h3-15H,1-2H3. The lowest BCUT2D eigenvalue weighted by molar-refractivity contribution is 0.103. The van der Waals surface area contributed by atoms with E-state index >= 15 is 0 Å². The maximum absolute atomic E-state index is 13.3. The summed E-state index contributed by atoms with van der Waals surface area (Å²) < 4.78 is 7.16. The molecule has 0 aliphatic heterocycles. The SMILES string of the molecule is COc1ccc(C(=O)c2c(-c3ccc(C)cc3)cc3ccccn23)cc1. The van der Waals surface area contributed by atoms with Crippen LogP contribution in [0.4, 0.5) is 0 Å².